The minimum absolute atomic E-state index is 0.161. The molecule has 0 aliphatic carbocycles. The number of benzene rings is 2. The van der Waals surface area contributed by atoms with Crippen LogP contribution in [-0.2, 0) is 9.59 Å². The largest absolute Gasteiger partial charge is 0.482 e. The van der Waals surface area contributed by atoms with Gasteiger partial charge in [-0.15, -0.1) is 0 Å². The molecule has 0 bridgehead atoms. The molecular formula is C17H11BrFN3O3. The van der Waals surface area contributed by atoms with Gasteiger partial charge in [-0.3, -0.25) is 14.5 Å². The van der Waals surface area contributed by atoms with Crippen molar-refractivity contribution in [2.45, 2.75) is 0 Å². The monoisotopic (exact) mass is 403 g/mol. The second-order valence-corrected chi connectivity index (χ2v) is 6.15. The molecule has 6 nitrogen and oxygen atoms in total. The number of rotatable bonds is 3. The number of nitrogens with zero attached hydrogens (tertiary/aromatic N) is 2. The van der Waals surface area contributed by atoms with Gasteiger partial charge >= 0.3 is 0 Å². The maximum atomic E-state index is 13.3. The molecule has 0 spiro atoms. The van der Waals surface area contributed by atoms with E-state index in [0.29, 0.717) is 11.4 Å². The summed E-state index contributed by atoms with van der Waals surface area (Å²) in [5.74, 6) is -0.986. The molecule has 1 N–H and O–H groups in total. The van der Waals surface area contributed by atoms with E-state index in [1.807, 2.05) is 0 Å². The van der Waals surface area contributed by atoms with E-state index in [9.17, 15) is 14.0 Å². The number of anilines is 2. The Kier molecular flexibility index (Phi) is 4.67. The van der Waals surface area contributed by atoms with E-state index in [1.54, 1.807) is 24.3 Å². The fraction of sp³-hybridized carbons (Fsp3) is 0.118. The Morgan fingerprint density at radius 2 is 2.16 bits per heavy atom. The van der Waals surface area contributed by atoms with Gasteiger partial charge in [0.1, 0.15) is 24.2 Å². The molecule has 8 heteroatoms. The molecule has 0 radical (unpaired) electrons. The van der Waals surface area contributed by atoms with E-state index < -0.39 is 11.7 Å². The molecule has 25 heavy (non-hydrogen) atoms. The molecule has 2 amide bonds. The van der Waals surface area contributed by atoms with Gasteiger partial charge in [-0.05, 0) is 36.4 Å². The lowest BCUT2D eigenvalue weighted by atomic mass is 10.2. The zero-order valence-corrected chi connectivity index (χ0v) is 14.3. The second-order valence-electron chi connectivity index (χ2n) is 5.24. The molecule has 0 atom stereocenters. The van der Waals surface area contributed by atoms with Crippen molar-refractivity contribution in [1.82, 2.24) is 0 Å². The number of halogens is 2. The summed E-state index contributed by atoms with van der Waals surface area (Å²) in [6, 6.07) is 10.5. The Hall–Kier alpha value is -2.92. The van der Waals surface area contributed by atoms with Crippen molar-refractivity contribution < 1.29 is 18.7 Å². The van der Waals surface area contributed by atoms with Crippen molar-refractivity contribution in [3.63, 3.8) is 0 Å². The normalized spacial score (nSPS) is 12.8. The van der Waals surface area contributed by atoms with Gasteiger partial charge in [-0.2, -0.15) is 5.26 Å². The number of hydrogen-bond donors (Lipinski definition) is 1. The first-order chi connectivity index (χ1) is 12.0. The average Bonchev–Trinajstić information content (AvgIpc) is 2.59. The number of ether oxygens (including phenoxy) is 1. The molecule has 2 aromatic rings. The van der Waals surface area contributed by atoms with Crippen molar-refractivity contribution >= 4 is 39.1 Å². The highest BCUT2D eigenvalue weighted by molar-refractivity contribution is 9.10. The molecule has 0 aromatic heterocycles. The summed E-state index contributed by atoms with van der Waals surface area (Å²) in [5, 5.41) is 11.4. The summed E-state index contributed by atoms with van der Waals surface area (Å²) in [6.45, 7) is -0.387. The van der Waals surface area contributed by atoms with Crippen LogP contribution in [0.1, 0.15) is 5.56 Å². The molecule has 3 rings (SSSR count). The average molecular weight is 404 g/mol. The lowest BCUT2D eigenvalue weighted by Crippen LogP contribution is -2.43. The molecule has 0 saturated carbocycles. The summed E-state index contributed by atoms with van der Waals surface area (Å²) in [7, 11) is 0. The third-order valence-electron chi connectivity index (χ3n) is 3.54. The molecule has 126 valence electrons. The predicted molar refractivity (Wildman–Crippen MR) is 91.7 cm³/mol. The third kappa shape index (κ3) is 3.61. The van der Waals surface area contributed by atoms with Crippen LogP contribution in [0, 0.1) is 17.1 Å². The van der Waals surface area contributed by atoms with Gasteiger partial charge in [0.2, 0.25) is 5.91 Å². The molecule has 1 aliphatic heterocycles. The van der Waals surface area contributed by atoms with Crippen LogP contribution in [0.2, 0.25) is 0 Å². The highest BCUT2D eigenvalue weighted by Crippen LogP contribution is 2.34. The minimum atomic E-state index is -0.664. The summed E-state index contributed by atoms with van der Waals surface area (Å²) < 4.78 is 19.5. The highest BCUT2D eigenvalue weighted by atomic mass is 79.9. The molecule has 0 saturated heterocycles. The number of carbonyl (C=O) groups is 2. The standard InChI is InChI=1S/C17H11BrFN3O3/c18-11-1-4-14-15(6-11)25-9-17(24)22(14)8-16(23)21-12-2-3-13(19)10(5-12)7-20/h1-6H,8-9H2,(H,21,23). The van der Waals surface area contributed by atoms with Gasteiger partial charge < -0.3 is 10.1 Å². The van der Waals surface area contributed by atoms with E-state index >= 15 is 0 Å². The van der Waals surface area contributed by atoms with Crippen molar-refractivity contribution in [2.75, 3.05) is 23.4 Å². The molecular weight excluding hydrogens is 393 g/mol. The Balaban J connectivity index is 1.77. The van der Waals surface area contributed by atoms with Gasteiger partial charge in [0.15, 0.2) is 6.61 Å². The number of carbonyl (C=O) groups excluding carboxylic acids is 2. The van der Waals surface area contributed by atoms with Gasteiger partial charge in [0.05, 0.1) is 11.3 Å². The van der Waals surface area contributed by atoms with Crippen molar-refractivity contribution in [3.05, 3.63) is 52.3 Å². The van der Waals surface area contributed by atoms with Crippen LogP contribution in [0.15, 0.2) is 40.9 Å². The van der Waals surface area contributed by atoms with Gasteiger partial charge in [-0.1, -0.05) is 15.9 Å². The first kappa shape index (κ1) is 16.9. The third-order valence-corrected chi connectivity index (χ3v) is 4.03. The summed E-state index contributed by atoms with van der Waals surface area (Å²) in [6.07, 6.45) is 0. The fourth-order valence-corrected chi connectivity index (χ4v) is 2.72. The first-order valence-corrected chi connectivity index (χ1v) is 7.99. The van der Waals surface area contributed by atoms with E-state index in [0.717, 1.165) is 10.5 Å². The van der Waals surface area contributed by atoms with Crippen LogP contribution in [-0.4, -0.2) is 25.0 Å². The predicted octanol–water partition coefficient (Wildman–Crippen LogP) is 2.82. The first-order valence-electron chi connectivity index (χ1n) is 7.20. The van der Waals surface area contributed by atoms with Crippen LogP contribution in [0.25, 0.3) is 0 Å². The fourth-order valence-electron chi connectivity index (χ4n) is 2.38. The van der Waals surface area contributed by atoms with Crippen LogP contribution in [0.5, 0.6) is 5.75 Å². The SMILES string of the molecule is N#Cc1cc(NC(=O)CN2C(=O)COc3cc(Br)ccc32)ccc1F. The molecule has 0 fully saturated rings. The Morgan fingerprint density at radius 1 is 1.36 bits per heavy atom. The zero-order chi connectivity index (χ0) is 18.0. The highest BCUT2D eigenvalue weighted by Gasteiger charge is 2.27. The Bertz CT molecular complexity index is 910. The number of amides is 2. The van der Waals surface area contributed by atoms with Crippen LogP contribution in [0.3, 0.4) is 0 Å². The Morgan fingerprint density at radius 3 is 2.92 bits per heavy atom. The second kappa shape index (κ2) is 6.91. The smallest absolute Gasteiger partial charge is 0.265 e. The summed E-state index contributed by atoms with van der Waals surface area (Å²) >= 11 is 3.32. The zero-order valence-electron chi connectivity index (χ0n) is 12.8. The van der Waals surface area contributed by atoms with Crippen LogP contribution < -0.4 is 15.0 Å². The molecule has 2 aromatic carbocycles. The lowest BCUT2D eigenvalue weighted by molar-refractivity contribution is -0.123. The summed E-state index contributed by atoms with van der Waals surface area (Å²) in [5.41, 5.74) is 0.599. The topological polar surface area (TPSA) is 82.4 Å². The van der Waals surface area contributed by atoms with Crippen molar-refractivity contribution in [3.8, 4) is 11.8 Å². The van der Waals surface area contributed by atoms with E-state index in [-0.39, 0.29) is 30.3 Å². The van der Waals surface area contributed by atoms with Crippen molar-refractivity contribution in [1.29, 1.82) is 5.26 Å². The quantitative estimate of drug-likeness (QED) is 0.853. The maximum absolute atomic E-state index is 13.3. The van der Waals surface area contributed by atoms with Crippen LogP contribution in [0.4, 0.5) is 15.8 Å². The van der Waals surface area contributed by atoms with E-state index in [1.165, 1.54) is 17.0 Å². The minimum Gasteiger partial charge on any atom is -0.482 e. The van der Waals surface area contributed by atoms with Crippen molar-refractivity contribution in [2.24, 2.45) is 0 Å². The number of hydrogen-bond acceptors (Lipinski definition) is 4. The number of nitrogens with one attached hydrogen (secondary N) is 1. The maximum Gasteiger partial charge on any atom is 0.265 e. The molecule has 1 heterocycles. The van der Waals surface area contributed by atoms with Crippen LogP contribution >= 0.6 is 15.9 Å². The number of nitriles is 1. The van der Waals surface area contributed by atoms with E-state index in [4.69, 9.17) is 10.00 Å². The van der Waals surface area contributed by atoms with Gasteiger partial charge in [0.25, 0.3) is 5.91 Å². The molecule has 1 aliphatic rings. The van der Waals surface area contributed by atoms with Gasteiger partial charge in [0, 0.05) is 10.2 Å². The number of fused-ring (bicyclic) bond motifs is 1. The summed E-state index contributed by atoms with van der Waals surface area (Å²) in [4.78, 5) is 25.7. The lowest BCUT2D eigenvalue weighted by Gasteiger charge is -2.29. The Labute approximate surface area is 150 Å². The van der Waals surface area contributed by atoms with E-state index in [2.05, 4.69) is 21.2 Å². The molecule has 0 unspecified atom stereocenters. The van der Waals surface area contributed by atoms with Gasteiger partial charge in [-0.25, -0.2) is 4.39 Å².